The van der Waals surface area contributed by atoms with Crippen LogP contribution in [0.5, 0.6) is 0 Å². The van der Waals surface area contributed by atoms with Crippen LogP contribution in [-0.2, 0) is 4.79 Å². The Bertz CT molecular complexity index is 819. The van der Waals surface area contributed by atoms with Gasteiger partial charge in [-0.05, 0) is 25.1 Å². The molecule has 1 aliphatic carbocycles. The van der Waals surface area contributed by atoms with Gasteiger partial charge in [0.1, 0.15) is 0 Å². The minimum absolute atomic E-state index is 0.134. The number of hydrogen-bond acceptors (Lipinski definition) is 3. The number of allylic oxidation sites excluding steroid dienone is 1. The number of carbonyl (C=O) groups excluding carboxylic acids is 3. The third kappa shape index (κ3) is 2.46. The first-order chi connectivity index (χ1) is 10.6. The zero-order valence-electron chi connectivity index (χ0n) is 11.9. The number of fused-ring (bicyclic) bond motifs is 1. The van der Waals surface area contributed by atoms with E-state index in [9.17, 15) is 14.4 Å². The lowest BCUT2D eigenvalue weighted by Gasteiger charge is -2.15. The summed E-state index contributed by atoms with van der Waals surface area (Å²) in [6.45, 7) is 1.85. The molecule has 1 N–H and O–H groups in total. The van der Waals surface area contributed by atoms with Crippen LogP contribution < -0.4 is 5.32 Å². The third-order valence-electron chi connectivity index (χ3n) is 3.48. The van der Waals surface area contributed by atoms with Crippen molar-refractivity contribution in [2.45, 2.75) is 6.92 Å². The highest BCUT2D eigenvalue weighted by Crippen LogP contribution is 2.23. The summed E-state index contributed by atoms with van der Waals surface area (Å²) in [7, 11) is 0. The predicted octanol–water partition coefficient (Wildman–Crippen LogP) is 2.94. The van der Waals surface area contributed by atoms with Crippen molar-refractivity contribution in [1.29, 1.82) is 0 Å². The second-order valence-corrected chi connectivity index (χ2v) is 5.12. The van der Waals surface area contributed by atoms with Crippen molar-refractivity contribution >= 4 is 23.2 Å². The van der Waals surface area contributed by atoms with Crippen LogP contribution in [0.3, 0.4) is 0 Å². The highest BCUT2D eigenvalue weighted by atomic mass is 16.2. The van der Waals surface area contributed by atoms with Crippen molar-refractivity contribution < 1.29 is 14.4 Å². The maximum Gasteiger partial charge on any atom is 0.259 e. The molecule has 22 heavy (non-hydrogen) atoms. The number of amides is 1. The monoisotopic (exact) mass is 291 g/mol. The molecular weight excluding hydrogens is 278 g/mol. The Morgan fingerprint density at radius 3 is 2.41 bits per heavy atom. The first-order valence-corrected chi connectivity index (χ1v) is 6.84. The normalized spacial score (nSPS) is 13.4. The number of benzene rings is 2. The van der Waals surface area contributed by atoms with Crippen LogP contribution in [0.25, 0.3) is 0 Å². The lowest BCUT2D eigenvalue weighted by Crippen LogP contribution is -2.26. The van der Waals surface area contributed by atoms with Crippen molar-refractivity contribution in [2.24, 2.45) is 0 Å². The molecule has 1 amide bonds. The van der Waals surface area contributed by atoms with Crippen molar-refractivity contribution in [1.82, 2.24) is 0 Å². The van der Waals surface area contributed by atoms with Crippen molar-refractivity contribution in [3.8, 4) is 0 Å². The number of Topliss-reactive ketones (excluding diaryl/α,β-unsaturated/α-hetero) is 1. The quantitative estimate of drug-likeness (QED) is 0.865. The summed E-state index contributed by atoms with van der Waals surface area (Å²) in [5.41, 5.74) is 1.96. The molecule has 0 atom stereocenters. The van der Waals surface area contributed by atoms with Crippen LogP contribution in [0.4, 0.5) is 5.69 Å². The molecule has 1 aliphatic rings. The topological polar surface area (TPSA) is 63.2 Å². The fourth-order valence-electron chi connectivity index (χ4n) is 2.37. The van der Waals surface area contributed by atoms with Gasteiger partial charge in [0.05, 0.1) is 5.57 Å². The predicted molar refractivity (Wildman–Crippen MR) is 83.0 cm³/mol. The SMILES string of the molecule is Cc1ccc2c(c1)C(=O)C=C(C(=O)Nc1ccccc1)C2=O. The van der Waals surface area contributed by atoms with Gasteiger partial charge in [0.25, 0.3) is 5.91 Å². The Balaban J connectivity index is 1.93. The van der Waals surface area contributed by atoms with E-state index in [1.165, 1.54) is 0 Å². The van der Waals surface area contributed by atoms with E-state index in [0.717, 1.165) is 11.6 Å². The van der Waals surface area contributed by atoms with E-state index in [1.807, 2.05) is 13.0 Å². The summed E-state index contributed by atoms with van der Waals surface area (Å²) in [5, 5.41) is 2.62. The van der Waals surface area contributed by atoms with Gasteiger partial charge < -0.3 is 5.32 Å². The molecule has 0 bridgehead atoms. The van der Waals surface area contributed by atoms with E-state index >= 15 is 0 Å². The molecule has 2 aromatic carbocycles. The average Bonchev–Trinajstić information content (AvgIpc) is 2.51. The van der Waals surface area contributed by atoms with E-state index in [0.29, 0.717) is 11.3 Å². The van der Waals surface area contributed by atoms with Crippen LogP contribution >= 0.6 is 0 Å². The van der Waals surface area contributed by atoms with Gasteiger partial charge in [0, 0.05) is 22.9 Å². The number of carbonyl (C=O) groups is 3. The second kappa shape index (κ2) is 5.41. The summed E-state index contributed by atoms with van der Waals surface area (Å²) in [6.07, 6.45) is 1.11. The zero-order chi connectivity index (χ0) is 15.7. The molecule has 0 spiro atoms. The van der Waals surface area contributed by atoms with Gasteiger partial charge in [-0.2, -0.15) is 0 Å². The van der Waals surface area contributed by atoms with Gasteiger partial charge in [-0.25, -0.2) is 0 Å². The Labute approximate surface area is 127 Å². The van der Waals surface area contributed by atoms with Crippen LogP contribution in [0.1, 0.15) is 26.3 Å². The molecular formula is C18H13NO3. The van der Waals surface area contributed by atoms with E-state index in [4.69, 9.17) is 0 Å². The molecule has 0 aromatic heterocycles. The fraction of sp³-hybridized carbons (Fsp3) is 0.0556. The lowest BCUT2D eigenvalue weighted by atomic mass is 9.88. The number of rotatable bonds is 2. The second-order valence-electron chi connectivity index (χ2n) is 5.12. The minimum atomic E-state index is -0.573. The third-order valence-corrected chi connectivity index (χ3v) is 3.48. The molecule has 0 unspecified atom stereocenters. The van der Waals surface area contributed by atoms with E-state index in [-0.39, 0.29) is 16.9 Å². The molecule has 4 heteroatoms. The molecule has 4 nitrogen and oxygen atoms in total. The van der Waals surface area contributed by atoms with Crippen molar-refractivity contribution in [3.05, 3.63) is 76.9 Å². The van der Waals surface area contributed by atoms with Crippen LogP contribution in [0.15, 0.2) is 60.2 Å². The van der Waals surface area contributed by atoms with Gasteiger partial charge >= 0.3 is 0 Å². The smallest absolute Gasteiger partial charge is 0.259 e. The summed E-state index contributed by atoms with van der Waals surface area (Å²) < 4.78 is 0. The Hall–Kier alpha value is -3.01. The number of anilines is 1. The molecule has 0 saturated carbocycles. The van der Waals surface area contributed by atoms with Gasteiger partial charge in [-0.15, -0.1) is 0 Å². The Kier molecular flexibility index (Phi) is 3.43. The number of aryl methyl sites for hydroxylation is 1. The summed E-state index contributed by atoms with van der Waals surface area (Å²) >= 11 is 0. The Morgan fingerprint density at radius 1 is 0.955 bits per heavy atom. The summed E-state index contributed by atoms with van der Waals surface area (Å²) in [6, 6.07) is 13.8. The first-order valence-electron chi connectivity index (χ1n) is 6.84. The minimum Gasteiger partial charge on any atom is -0.322 e. The number of para-hydroxylation sites is 1. The zero-order valence-corrected chi connectivity index (χ0v) is 11.9. The lowest BCUT2D eigenvalue weighted by molar-refractivity contribution is -0.112. The van der Waals surface area contributed by atoms with E-state index in [2.05, 4.69) is 5.32 Å². The fourth-order valence-corrected chi connectivity index (χ4v) is 2.37. The van der Waals surface area contributed by atoms with Crippen LogP contribution in [0.2, 0.25) is 0 Å². The molecule has 0 saturated heterocycles. The van der Waals surface area contributed by atoms with Crippen LogP contribution in [0, 0.1) is 6.92 Å². The van der Waals surface area contributed by atoms with Gasteiger partial charge in [0.15, 0.2) is 11.6 Å². The molecule has 0 heterocycles. The van der Waals surface area contributed by atoms with Gasteiger partial charge in [-0.3, -0.25) is 14.4 Å². The van der Waals surface area contributed by atoms with Crippen molar-refractivity contribution in [2.75, 3.05) is 5.32 Å². The summed E-state index contributed by atoms with van der Waals surface area (Å²) in [5.74, 6) is -1.32. The highest BCUT2D eigenvalue weighted by molar-refractivity contribution is 6.36. The largest absolute Gasteiger partial charge is 0.322 e. The molecule has 108 valence electrons. The first kappa shape index (κ1) is 13.9. The molecule has 2 aromatic rings. The molecule has 0 aliphatic heterocycles. The highest BCUT2D eigenvalue weighted by Gasteiger charge is 2.29. The number of ketones is 2. The van der Waals surface area contributed by atoms with Gasteiger partial charge in [0.2, 0.25) is 0 Å². The molecule has 0 fully saturated rings. The maximum absolute atomic E-state index is 12.4. The maximum atomic E-state index is 12.4. The van der Waals surface area contributed by atoms with Gasteiger partial charge in [-0.1, -0.05) is 35.9 Å². The number of nitrogens with one attached hydrogen (secondary N) is 1. The number of hydrogen-bond donors (Lipinski definition) is 1. The molecule has 3 rings (SSSR count). The van der Waals surface area contributed by atoms with Crippen LogP contribution in [-0.4, -0.2) is 17.5 Å². The molecule has 0 radical (unpaired) electrons. The van der Waals surface area contributed by atoms with E-state index < -0.39 is 11.7 Å². The standard InChI is InChI=1S/C18H13NO3/c1-11-7-8-13-14(9-11)16(20)10-15(17(13)21)18(22)19-12-5-3-2-4-6-12/h2-10H,1H3,(H,19,22). The average molecular weight is 291 g/mol. The van der Waals surface area contributed by atoms with Crippen molar-refractivity contribution in [3.63, 3.8) is 0 Å². The summed E-state index contributed by atoms with van der Waals surface area (Å²) in [4.78, 5) is 36.8. The van der Waals surface area contributed by atoms with E-state index in [1.54, 1.807) is 42.5 Å². The Morgan fingerprint density at radius 2 is 1.68 bits per heavy atom.